The first-order valence-electron chi connectivity index (χ1n) is 17.4. The lowest BCUT2D eigenvalue weighted by molar-refractivity contribution is 0.444. The summed E-state index contributed by atoms with van der Waals surface area (Å²) in [5.74, 6) is 2.16. The molecule has 4 nitrogen and oxygen atoms in total. The van der Waals surface area contributed by atoms with Gasteiger partial charge in [-0.05, 0) is 95.8 Å². The van der Waals surface area contributed by atoms with Crippen molar-refractivity contribution in [3.8, 4) is 45.3 Å². The molecule has 7 aromatic rings. The van der Waals surface area contributed by atoms with Gasteiger partial charge in [-0.2, -0.15) is 0 Å². The maximum atomic E-state index is 11.2. The highest BCUT2D eigenvalue weighted by Crippen LogP contribution is 2.53. The van der Waals surface area contributed by atoms with E-state index in [0.717, 1.165) is 55.1 Å². The number of fused-ring (bicyclic) bond motifs is 9. The number of phenols is 1. The second-order valence-corrected chi connectivity index (χ2v) is 14.9. The van der Waals surface area contributed by atoms with Crippen LogP contribution < -0.4 is 24.9 Å². The summed E-state index contributed by atoms with van der Waals surface area (Å²) in [6, 6.07) is 42.1. The molecular weight excluding hydrogens is 614 g/mol. The Hall–Kier alpha value is -5.61. The predicted molar refractivity (Wildman–Crippen MR) is 205 cm³/mol. The zero-order valence-corrected chi connectivity index (χ0v) is 28.5. The summed E-state index contributed by atoms with van der Waals surface area (Å²) in [5, 5.41) is 15.5. The van der Waals surface area contributed by atoms with Crippen molar-refractivity contribution in [2.75, 3.05) is 0 Å². The van der Waals surface area contributed by atoms with Crippen molar-refractivity contribution >= 4 is 47.1 Å². The molecule has 0 bridgehead atoms. The molecule has 1 heterocycles. The highest BCUT2D eigenvalue weighted by atomic mass is 16.6. The van der Waals surface area contributed by atoms with Crippen LogP contribution in [0.4, 0.5) is 0 Å². The van der Waals surface area contributed by atoms with Crippen molar-refractivity contribution < 1.29 is 19.1 Å². The number of hydrogen-bond acceptors (Lipinski definition) is 4. The molecule has 50 heavy (non-hydrogen) atoms. The van der Waals surface area contributed by atoms with Gasteiger partial charge >= 0.3 is 14.6 Å². The third-order valence-electron chi connectivity index (χ3n) is 11.5. The number of rotatable bonds is 4. The van der Waals surface area contributed by atoms with Crippen LogP contribution in [0.5, 0.6) is 23.0 Å². The number of hydrogen-bond donors (Lipinski definition) is 1. The standard InChI is InChI=1S/C44H34B2O4/c1-43(2)33-19-11-9-13-25(33)31-21-37(47)38(23-35(31)43)48-45-41-27-15-5-7-17-29(27)42(30-18-8-6-16-28(30)41)46-49-39-22-32-26-14-10-12-20-34(26)44(3,4)36(32)24-40(39)50-46/h5-24,45,47H,1-4H3. The molecule has 10 rings (SSSR count). The summed E-state index contributed by atoms with van der Waals surface area (Å²) in [6.45, 7) is 9.03. The van der Waals surface area contributed by atoms with E-state index in [1.165, 1.54) is 33.4 Å². The highest BCUT2D eigenvalue weighted by Gasteiger charge is 2.42. The van der Waals surface area contributed by atoms with Gasteiger partial charge in [-0.15, -0.1) is 0 Å². The van der Waals surface area contributed by atoms with Gasteiger partial charge in [0.2, 0.25) is 0 Å². The molecule has 6 heteroatoms. The van der Waals surface area contributed by atoms with Gasteiger partial charge in [0.05, 0.1) is 0 Å². The summed E-state index contributed by atoms with van der Waals surface area (Å²) in [4.78, 5) is 0. The highest BCUT2D eigenvalue weighted by molar-refractivity contribution is 6.71. The minimum absolute atomic E-state index is 0.129. The molecule has 0 unspecified atom stereocenters. The fourth-order valence-electron chi connectivity index (χ4n) is 8.91. The minimum Gasteiger partial charge on any atom is -0.557 e. The molecule has 0 radical (unpaired) electrons. The van der Waals surface area contributed by atoms with Crippen LogP contribution in [0.1, 0.15) is 49.9 Å². The number of aromatic hydroxyl groups is 1. The largest absolute Gasteiger partial charge is 0.634 e. The van der Waals surface area contributed by atoms with E-state index in [9.17, 15) is 5.11 Å². The predicted octanol–water partition coefficient (Wildman–Crippen LogP) is 8.53. The van der Waals surface area contributed by atoms with E-state index < -0.39 is 7.12 Å². The zero-order chi connectivity index (χ0) is 33.9. The van der Waals surface area contributed by atoms with E-state index in [-0.39, 0.29) is 24.1 Å². The summed E-state index contributed by atoms with van der Waals surface area (Å²) >= 11 is 0. The number of benzene rings is 7. The first kappa shape index (κ1) is 29.3. The Labute approximate surface area is 292 Å². The Morgan fingerprint density at radius 3 is 1.62 bits per heavy atom. The number of phenolic OH excluding ortho intramolecular Hbond substituents is 1. The Kier molecular flexibility index (Phi) is 5.99. The fourth-order valence-corrected chi connectivity index (χ4v) is 8.91. The Bertz CT molecular complexity index is 2530. The smallest absolute Gasteiger partial charge is 0.557 e. The van der Waals surface area contributed by atoms with Gasteiger partial charge in [0.1, 0.15) is 17.2 Å². The molecule has 0 amide bonds. The van der Waals surface area contributed by atoms with Gasteiger partial charge in [-0.3, -0.25) is 0 Å². The van der Waals surface area contributed by atoms with Crippen LogP contribution in [0.25, 0.3) is 43.8 Å². The van der Waals surface area contributed by atoms with E-state index in [1.54, 1.807) is 0 Å². The first-order valence-corrected chi connectivity index (χ1v) is 17.4. The molecule has 0 aromatic heterocycles. The maximum Gasteiger partial charge on any atom is 0.634 e. The Morgan fingerprint density at radius 1 is 0.540 bits per heavy atom. The van der Waals surface area contributed by atoms with Crippen LogP contribution in [-0.2, 0) is 10.8 Å². The summed E-state index contributed by atoms with van der Waals surface area (Å²) in [6.07, 6.45) is 0. The van der Waals surface area contributed by atoms with Crippen molar-refractivity contribution in [3.63, 3.8) is 0 Å². The average molecular weight is 648 g/mol. The third kappa shape index (κ3) is 3.96. The molecule has 1 aliphatic heterocycles. The van der Waals surface area contributed by atoms with Gasteiger partial charge in [-0.1, -0.05) is 125 Å². The molecule has 0 atom stereocenters. The molecular formula is C44H34B2O4. The summed E-state index contributed by atoms with van der Waals surface area (Å²) < 4.78 is 20.0. The van der Waals surface area contributed by atoms with Crippen LogP contribution >= 0.6 is 0 Å². The zero-order valence-electron chi connectivity index (χ0n) is 28.5. The molecule has 3 aliphatic rings. The van der Waals surface area contributed by atoms with Gasteiger partial charge in [-0.25, -0.2) is 0 Å². The summed E-state index contributed by atoms with van der Waals surface area (Å²) in [7, 11) is -0.324. The minimum atomic E-state index is -0.611. The van der Waals surface area contributed by atoms with Crippen molar-refractivity contribution in [2.45, 2.75) is 38.5 Å². The Morgan fingerprint density at radius 2 is 1.02 bits per heavy atom. The lowest BCUT2D eigenvalue weighted by atomic mass is 9.69. The monoisotopic (exact) mass is 648 g/mol. The Balaban J connectivity index is 1.05. The van der Waals surface area contributed by atoms with Crippen molar-refractivity contribution in [1.82, 2.24) is 0 Å². The summed E-state index contributed by atoms with van der Waals surface area (Å²) in [5.41, 5.74) is 11.4. The molecule has 240 valence electrons. The SMILES string of the molecule is CC1(C)c2ccccc2-c2cc(O)c(OBc3c4ccccc4c(B4Oc5cc6c(cc5O4)C(C)(C)c4ccccc4-6)c4ccccc34)cc21. The van der Waals surface area contributed by atoms with E-state index in [4.69, 9.17) is 14.0 Å². The van der Waals surface area contributed by atoms with Crippen molar-refractivity contribution in [2.24, 2.45) is 0 Å². The van der Waals surface area contributed by atoms with E-state index in [0.29, 0.717) is 5.75 Å². The average Bonchev–Trinajstić information content (AvgIpc) is 3.71. The lowest BCUT2D eigenvalue weighted by Gasteiger charge is -2.22. The van der Waals surface area contributed by atoms with Gasteiger partial charge in [0.25, 0.3) is 0 Å². The maximum absolute atomic E-state index is 11.2. The quantitative estimate of drug-likeness (QED) is 0.154. The molecule has 0 saturated carbocycles. The van der Waals surface area contributed by atoms with E-state index in [2.05, 4.69) is 137 Å². The molecule has 0 spiro atoms. The molecule has 2 aliphatic carbocycles. The van der Waals surface area contributed by atoms with Crippen LogP contribution in [-0.4, -0.2) is 19.7 Å². The molecule has 0 saturated heterocycles. The van der Waals surface area contributed by atoms with E-state index >= 15 is 0 Å². The molecule has 1 N–H and O–H groups in total. The second-order valence-electron chi connectivity index (χ2n) is 14.9. The molecule has 7 aromatic carbocycles. The van der Waals surface area contributed by atoms with Gasteiger partial charge < -0.3 is 19.1 Å². The third-order valence-corrected chi connectivity index (χ3v) is 11.5. The first-order chi connectivity index (χ1) is 24.2. The van der Waals surface area contributed by atoms with Crippen molar-refractivity contribution in [1.29, 1.82) is 0 Å². The second kappa shape index (κ2) is 10.2. The van der Waals surface area contributed by atoms with Crippen LogP contribution in [0.2, 0.25) is 0 Å². The normalized spacial score (nSPS) is 15.5. The van der Waals surface area contributed by atoms with Crippen LogP contribution in [0.3, 0.4) is 0 Å². The molecule has 0 fully saturated rings. The van der Waals surface area contributed by atoms with Gasteiger partial charge in [0.15, 0.2) is 5.75 Å². The van der Waals surface area contributed by atoms with Crippen LogP contribution in [0, 0.1) is 0 Å². The van der Waals surface area contributed by atoms with Crippen molar-refractivity contribution in [3.05, 3.63) is 144 Å². The topological polar surface area (TPSA) is 47.9 Å². The van der Waals surface area contributed by atoms with Crippen LogP contribution in [0.15, 0.2) is 121 Å². The lowest BCUT2D eigenvalue weighted by Crippen LogP contribution is -2.41. The van der Waals surface area contributed by atoms with E-state index in [1.807, 2.05) is 12.1 Å². The van der Waals surface area contributed by atoms with Gasteiger partial charge in [0, 0.05) is 16.3 Å². The fraction of sp³-hybridized carbons (Fsp3) is 0.136.